The molecule has 7 nitrogen and oxygen atoms in total. The van der Waals surface area contributed by atoms with E-state index in [2.05, 4.69) is 0 Å². The first kappa shape index (κ1) is 22.2. The van der Waals surface area contributed by atoms with Gasteiger partial charge in [-0.1, -0.05) is 23.9 Å². The molecule has 3 heterocycles. The third kappa shape index (κ3) is 4.44. The van der Waals surface area contributed by atoms with E-state index in [1.807, 2.05) is 53.9 Å². The molecule has 9 heteroatoms. The van der Waals surface area contributed by atoms with Gasteiger partial charge in [-0.05, 0) is 36.4 Å². The number of rotatable bonds is 8. The Morgan fingerprint density at radius 1 is 1.06 bits per heavy atom. The van der Waals surface area contributed by atoms with Gasteiger partial charge in [-0.15, -0.1) is 11.3 Å². The van der Waals surface area contributed by atoms with Crippen molar-refractivity contribution < 1.29 is 13.9 Å². The minimum atomic E-state index is -0.0913. The Hall–Kier alpha value is -3.56. The zero-order valence-corrected chi connectivity index (χ0v) is 20.2. The topological polar surface area (TPSA) is 79.4 Å². The van der Waals surface area contributed by atoms with Gasteiger partial charge in [0, 0.05) is 17.2 Å². The Labute approximate surface area is 204 Å². The molecule has 0 fully saturated rings. The van der Waals surface area contributed by atoms with Crippen LogP contribution in [0.15, 0.2) is 80.6 Å². The molecule has 0 aliphatic heterocycles. The lowest BCUT2D eigenvalue weighted by Crippen LogP contribution is -2.23. The van der Waals surface area contributed by atoms with Crippen LogP contribution in [0, 0.1) is 0 Å². The van der Waals surface area contributed by atoms with Gasteiger partial charge in [0.25, 0.3) is 5.56 Å². The SMILES string of the molecule is COc1ccc(-c2nc(CSc3nc4ccccc4c(=O)n3Cc3ccco3)cs2)c(OC)c1. The maximum Gasteiger partial charge on any atom is 0.262 e. The monoisotopic (exact) mass is 491 g/mol. The van der Waals surface area contributed by atoms with Crippen molar-refractivity contribution in [2.24, 2.45) is 0 Å². The number of thiazole rings is 1. The van der Waals surface area contributed by atoms with Crippen LogP contribution in [0.1, 0.15) is 11.5 Å². The highest BCUT2D eigenvalue weighted by Crippen LogP contribution is 2.36. The summed E-state index contributed by atoms with van der Waals surface area (Å²) >= 11 is 3.02. The number of aromatic nitrogens is 3. The van der Waals surface area contributed by atoms with E-state index in [0.717, 1.165) is 22.0 Å². The fourth-order valence-corrected chi connectivity index (χ4v) is 5.41. The zero-order valence-electron chi connectivity index (χ0n) is 18.6. The summed E-state index contributed by atoms with van der Waals surface area (Å²) in [5.41, 5.74) is 2.39. The van der Waals surface area contributed by atoms with Gasteiger partial charge in [0.2, 0.25) is 0 Å². The fourth-order valence-electron chi connectivity index (χ4n) is 3.57. The van der Waals surface area contributed by atoms with Crippen LogP contribution in [0.3, 0.4) is 0 Å². The summed E-state index contributed by atoms with van der Waals surface area (Å²) in [6, 6.07) is 16.7. The molecule has 0 bridgehead atoms. The van der Waals surface area contributed by atoms with E-state index in [1.165, 1.54) is 11.8 Å². The maximum atomic E-state index is 13.2. The highest BCUT2D eigenvalue weighted by atomic mass is 32.2. The summed E-state index contributed by atoms with van der Waals surface area (Å²) in [5.74, 6) is 2.70. The maximum absolute atomic E-state index is 13.2. The molecule has 0 radical (unpaired) electrons. The fraction of sp³-hybridized carbons (Fsp3) is 0.160. The standard InChI is InChI=1S/C25H21N3O4S2/c1-30-17-9-10-20(22(12-17)31-2)23-26-16(14-33-23)15-34-25-27-21-8-4-3-7-19(21)24(29)28(25)13-18-6-5-11-32-18/h3-12,14H,13,15H2,1-2H3. The number of hydrogen-bond donors (Lipinski definition) is 0. The first-order chi connectivity index (χ1) is 16.7. The van der Waals surface area contributed by atoms with Crippen LogP contribution in [0.5, 0.6) is 11.5 Å². The number of fused-ring (bicyclic) bond motifs is 1. The molecule has 0 saturated heterocycles. The molecular weight excluding hydrogens is 470 g/mol. The smallest absolute Gasteiger partial charge is 0.262 e. The molecule has 3 aromatic heterocycles. The average molecular weight is 492 g/mol. The minimum Gasteiger partial charge on any atom is -0.497 e. The van der Waals surface area contributed by atoms with E-state index >= 15 is 0 Å². The lowest BCUT2D eigenvalue weighted by molar-refractivity contribution is 0.395. The van der Waals surface area contributed by atoms with Gasteiger partial charge in [-0.3, -0.25) is 9.36 Å². The Balaban J connectivity index is 1.44. The van der Waals surface area contributed by atoms with Crippen molar-refractivity contribution in [1.82, 2.24) is 14.5 Å². The zero-order chi connectivity index (χ0) is 23.5. The lowest BCUT2D eigenvalue weighted by Gasteiger charge is -2.11. The number of methoxy groups -OCH3 is 2. The lowest BCUT2D eigenvalue weighted by atomic mass is 10.2. The molecule has 0 aliphatic rings. The van der Waals surface area contributed by atoms with Crippen molar-refractivity contribution in [3.05, 3.63) is 88.0 Å². The molecular formula is C25H21N3O4S2. The summed E-state index contributed by atoms with van der Waals surface area (Å²) in [7, 11) is 3.26. The van der Waals surface area contributed by atoms with Crippen molar-refractivity contribution in [3.63, 3.8) is 0 Å². The Kier molecular flexibility index (Phi) is 6.37. The summed E-state index contributed by atoms with van der Waals surface area (Å²) in [5, 5.41) is 4.08. The van der Waals surface area contributed by atoms with Gasteiger partial charge in [-0.2, -0.15) is 0 Å². The van der Waals surface area contributed by atoms with Crippen LogP contribution >= 0.6 is 23.1 Å². The summed E-state index contributed by atoms with van der Waals surface area (Å²) in [4.78, 5) is 22.8. The molecule has 0 aliphatic carbocycles. The number of benzene rings is 2. The second kappa shape index (κ2) is 9.74. The first-order valence-corrected chi connectivity index (χ1v) is 12.3. The van der Waals surface area contributed by atoms with Gasteiger partial charge in [0.1, 0.15) is 22.3 Å². The Morgan fingerprint density at radius 2 is 1.94 bits per heavy atom. The molecule has 172 valence electrons. The van der Waals surface area contributed by atoms with Gasteiger partial charge < -0.3 is 13.9 Å². The van der Waals surface area contributed by atoms with Crippen LogP contribution < -0.4 is 15.0 Å². The van der Waals surface area contributed by atoms with E-state index in [0.29, 0.717) is 39.9 Å². The Bertz CT molecular complexity index is 1490. The predicted octanol–water partition coefficient (Wildman–Crippen LogP) is 5.47. The van der Waals surface area contributed by atoms with Crippen molar-refractivity contribution in [3.8, 4) is 22.1 Å². The van der Waals surface area contributed by atoms with E-state index in [9.17, 15) is 4.79 Å². The molecule has 0 saturated carbocycles. The van der Waals surface area contributed by atoms with Crippen molar-refractivity contribution in [2.45, 2.75) is 17.5 Å². The van der Waals surface area contributed by atoms with E-state index < -0.39 is 0 Å². The predicted molar refractivity (Wildman–Crippen MR) is 134 cm³/mol. The molecule has 0 atom stereocenters. The number of nitrogens with zero attached hydrogens (tertiary/aromatic N) is 3. The Morgan fingerprint density at radius 3 is 2.74 bits per heavy atom. The van der Waals surface area contributed by atoms with E-state index in [-0.39, 0.29) is 5.56 Å². The van der Waals surface area contributed by atoms with Crippen LogP contribution in [0.2, 0.25) is 0 Å². The number of furan rings is 1. The van der Waals surface area contributed by atoms with Crippen molar-refractivity contribution in [1.29, 1.82) is 0 Å². The summed E-state index contributed by atoms with van der Waals surface area (Å²) < 4.78 is 18.0. The first-order valence-electron chi connectivity index (χ1n) is 10.5. The molecule has 2 aromatic carbocycles. The number of hydrogen-bond acceptors (Lipinski definition) is 8. The second-order valence-electron chi connectivity index (χ2n) is 7.38. The van der Waals surface area contributed by atoms with Gasteiger partial charge in [0.05, 0.1) is 49.2 Å². The van der Waals surface area contributed by atoms with Crippen LogP contribution in [0.25, 0.3) is 21.5 Å². The molecule has 0 spiro atoms. The number of thioether (sulfide) groups is 1. The van der Waals surface area contributed by atoms with Crippen molar-refractivity contribution >= 4 is 34.0 Å². The van der Waals surface area contributed by atoms with Crippen LogP contribution in [-0.2, 0) is 12.3 Å². The van der Waals surface area contributed by atoms with Crippen molar-refractivity contribution in [2.75, 3.05) is 14.2 Å². The summed E-state index contributed by atoms with van der Waals surface area (Å²) in [6.07, 6.45) is 1.60. The summed E-state index contributed by atoms with van der Waals surface area (Å²) in [6.45, 7) is 0.317. The highest BCUT2D eigenvalue weighted by Gasteiger charge is 2.15. The number of para-hydroxylation sites is 1. The minimum absolute atomic E-state index is 0.0913. The molecule has 34 heavy (non-hydrogen) atoms. The molecule has 5 rings (SSSR count). The van der Waals surface area contributed by atoms with Gasteiger partial charge >= 0.3 is 0 Å². The number of ether oxygens (including phenoxy) is 2. The largest absolute Gasteiger partial charge is 0.497 e. The molecule has 5 aromatic rings. The average Bonchev–Trinajstić information content (AvgIpc) is 3.56. The van der Waals surface area contributed by atoms with Crippen LogP contribution in [-0.4, -0.2) is 28.8 Å². The van der Waals surface area contributed by atoms with Crippen LogP contribution in [0.4, 0.5) is 0 Å². The van der Waals surface area contributed by atoms with Gasteiger partial charge in [0.15, 0.2) is 5.16 Å². The quantitative estimate of drug-likeness (QED) is 0.210. The normalized spacial score (nSPS) is 11.1. The highest BCUT2D eigenvalue weighted by molar-refractivity contribution is 7.98. The third-order valence-electron chi connectivity index (χ3n) is 5.26. The molecule has 0 amide bonds. The third-order valence-corrected chi connectivity index (χ3v) is 7.20. The molecule has 0 unspecified atom stereocenters. The van der Waals surface area contributed by atoms with Gasteiger partial charge in [-0.25, -0.2) is 9.97 Å². The van der Waals surface area contributed by atoms with E-state index in [1.54, 1.807) is 42.5 Å². The second-order valence-corrected chi connectivity index (χ2v) is 9.18. The molecule has 0 N–H and O–H groups in total. The van der Waals surface area contributed by atoms with E-state index in [4.69, 9.17) is 23.9 Å².